The van der Waals surface area contributed by atoms with E-state index in [0.717, 1.165) is 78.2 Å². The number of imidazole rings is 1. The molecule has 0 spiro atoms. The zero-order valence-corrected chi connectivity index (χ0v) is 18.4. The van der Waals surface area contributed by atoms with Gasteiger partial charge in [0.1, 0.15) is 17.9 Å². The Hall–Kier alpha value is -3.07. The maximum absolute atomic E-state index is 6.40. The molecule has 0 amide bonds. The summed E-state index contributed by atoms with van der Waals surface area (Å²) in [5.74, 6) is 1.35. The largest absolute Gasteiger partial charge is 0.382 e. The highest BCUT2D eigenvalue weighted by Crippen LogP contribution is 2.32. The van der Waals surface area contributed by atoms with Crippen molar-refractivity contribution in [3.8, 4) is 11.1 Å². The maximum Gasteiger partial charge on any atom is 0.152 e. The zero-order chi connectivity index (χ0) is 21.9. The van der Waals surface area contributed by atoms with E-state index in [1.807, 2.05) is 25.3 Å². The van der Waals surface area contributed by atoms with Crippen molar-refractivity contribution >= 4 is 27.8 Å². The predicted octanol–water partition coefficient (Wildman–Crippen LogP) is 2.67. The lowest BCUT2D eigenvalue weighted by molar-refractivity contribution is 0.125. The summed E-state index contributed by atoms with van der Waals surface area (Å²) < 4.78 is 8.01. The van der Waals surface area contributed by atoms with Gasteiger partial charge in [-0.15, -0.1) is 0 Å². The van der Waals surface area contributed by atoms with Gasteiger partial charge in [-0.05, 0) is 24.6 Å². The van der Waals surface area contributed by atoms with Gasteiger partial charge < -0.3 is 20.4 Å². The van der Waals surface area contributed by atoms with E-state index >= 15 is 0 Å². The third kappa shape index (κ3) is 4.04. The second kappa shape index (κ2) is 9.20. The van der Waals surface area contributed by atoms with Crippen LogP contribution in [0, 0.1) is 0 Å². The summed E-state index contributed by atoms with van der Waals surface area (Å²) in [6.45, 7) is 9.09. The predicted molar refractivity (Wildman–Crippen MR) is 127 cm³/mol. The zero-order valence-electron chi connectivity index (χ0n) is 18.4. The van der Waals surface area contributed by atoms with Gasteiger partial charge in [-0.3, -0.25) is 9.88 Å². The number of nitrogen functional groups attached to an aromatic ring is 1. The fourth-order valence-corrected chi connectivity index (χ4v) is 4.39. The molecule has 3 aromatic heterocycles. The van der Waals surface area contributed by atoms with Crippen molar-refractivity contribution in [2.75, 3.05) is 45.1 Å². The van der Waals surface area contributed by atoms with Gasteiger partial charge in [-0.1, -0.05) is 18.2 Å². The van der Waals surface area contributed by atoms with Gasteiger partial charge in [-0.25, -0.2) is 9.97 Å². The van der Waals surface area contributed by atoms with Crippen LogP contribution in [-0.2, 0) is 17.9 Å². The van der Waals surface area contributed by atoms with Crippen molar-refractivity contribution in [3.63, 3.8) is 0 Å². The first-order valence-corrected chi connectivity index (χ1v) is 11.2. The normalized spacial score (nSPS) is 15.0. The average molecular weight is 432 g/mol. The van der Waals surface area contributed by atoms with Crippen LogP contribution in [0.5, 0.6) is 0 Å². The fourth-order valence-electron chi connectivity index (χ4n) is 4.39. The van der Waals surface area contributed by atoms with Crippen LogP contribution in [0.3, 0.4) is 0 Å². The monoisotopic (exact) mass is 431 g/mol. The lowest BCUT2D eigenvalue weighted by Crippen LogP contribution is -2.44. The molecular weight excluding hydrogens is 402 g/mol. The molecule has 0 unspecified atom stereocenters. The smallest absolute Gasteiger partial charge is 0.152 e. The number of nitrogens with two attached hydrogens (primary N) is 1. The Morgan fingerprint density at radius 3 is 2.75 bits per heavy atom. The topological polar surface area (TPSA) is 94.1 Å². The molecule has 1 aromatic carbocycles. The minimum absolute atomic E-state index is 0.453. The Morgan fingerprint density at radius 1 is 1.09 bits per heavy atom. The van der Waals surface area contributed by atoms with Gasteiger partial charge in [-0.2, -0.15) is 0 Å². The molecule has 8 nitrogen and oxygen atoms in total. The number of piperazine rings is 1. The molecule has 1 fully saturated rings. The summed E-state index contributed by atoms with van der Waals surface area (Å²) in [4.78, 5) is 16.3. The lowest BCUT2D eigenvalue weighted by Gasteiger charge is -2.27. The Morgan fingerprint density at radius 2 is 1.97 bits per heavy atom. The first-order chi connectivity index (χ1) is 15.7. The van der Waals surface area contributed by atoms with Crippen LogP contribution in [0.15, 0.2) is 42.7 Å². The van der Waals surface area contributed by atoms with Crippen LogP contribution >= 0.6 is 0 Å². The Labute approximate surface area is 187 Å². The molecule has 0 saturated carbocycles. The summed E-state index contributed by atoms with van der Waals surface area (Å²) in [7, 11) is 0. The maximum atomic E-state index is 6.40. The number of ether oxygens (including phenoxy) is 1. The van der Waals surface area contributed by atoms with Gasteiger partial charge in [0.15, 0.2) is 5.82 Å². The quantitative estimate of drug-likeness (QED) is 0.465. The summed E-state index contributed by atoms with van der Waals surface area (Å²) in [5, 5.41) is 4.47. The Bertz CT molecular complexity index is 1220. The molecule has 32 heavy (non-hydrogen) atoms. The van der Waals surface area contributed by atoms with Crippen LogP contribution in [0.25, 0.3) is 33.1 Å². The number of aromatic nitrogens is 4. The molecule has 8 heteroatoms. The molecule has 3 N–H and O–H groups in total. The lowest BCUT2D eigenvalue weighted by atomic mass is 10.0. The van der Waals surface area contributed by atoms with E-state index in [1.54, 1.807) is 6.20 Å². The first kappa shape index (κ1) is 20.8. The van der Waals surface area contributed by atoms with Crippen LogP contribution in [-0.4, -0.2) is 63.7 Å². The molecule has 5 rings (SSSR count). The highest BCUT2D eigenvalue weighted by Gasteiger charge is 2.19. The van der Waals surface area contributed by atoms with E-state index < -0.39 is 0 Å². The number of rotatable bonds is 7. The van der Waals surface area contributed by atoms with E-state index in [9.17, 15) is 0 Å². The summed E-state index contributed by atoms with van der Waals surface area (Å²) in [5.41, 5.74) is 11.2. The number of fused-ring (bicyclic) bond motifs is 3. The molecule has 4 heterocycles. The van der Waals surface area contributed by atoms with E-state index in [-0.39, 0.29) is 0 Å². The SMILES string of the molecule is CCOCc1nc2c(N)nc3cc(-c4cccnc4)ccc3c2n1CCN1CCNCC1. The van der Waals surface area contributed by atoms with Crippen molar-refractivity contribution < 1.29 is 4.74 Å². The molecule has 4 aromatic rings. The highest BCUT2D eigenvalue weighted by molar-refractivity contribution is 6.07. The molecule has 0 radical (unpaired) electrons. The number of nitrogens with one attached hydrogen (secondary N) is 1. The van der Waals surface area contributed by atoms with Crippen molar-refractivity contribution in [2.45, 2.75) is 20.1 Å². The summed E-state index contributed by atoms with van der Waals surface area (Å²) in [6.07, 6.45) is 3.64. The van der Waals surface area contributed by atoms with Crippen molar-refractivity contribution in [1.29, 1.82) is 0 Å². The summed E-state index contributed by atoms with van der Waals surface area (Å²) in [6, 6.07) is 10.3. The van der Waals surface area contributed by atoms with E-state index in [4.69, 9.17) is 20.4 Å². The standard InChI is InChI=1S/C24H29N7O/c1-2-32-16-21-29-22-23(31(21)13-12-30-10-8-26-9-11-30)19-6-5-17(14-20(19)28-24(22)25)18-4-3-7-27-15-18/h3-7,14-15,26H,2,8-13,16H2,1H3,(H2,25,28). The highest BCUT2D eigenvalue weighted by atomic mass is 16.5. The van der Waals surface area contributed by atoms with Crippen molar-refractivity contribution in [3.05, 3.63) is 48.5 Å². The number of benzene rings is 1. The van der Waals surface area contributed by atoms with Gasteiger partial charge in [0.2, 0.25) is 0 Å². The number of pyridine rings is 2. The third-order valence-electron chi connectivity index (χ3n) is 6.06. The number of nitrogens with zero attached hydrogens (tertiary/aromatic N) is 5. The van der Waals surface area contributed by atoms with E-state index in [1.165, 1.54) is 0 Å². The Kier molecular flexibility index (Phi) is 5.98. The van der Waals surface area contributed by atoms with Gasteiger partial charge in [0.05, 0.1) is 11.0 Å². The molecule has 166 valence electrons. The number of hydrogen-bond donors (Lipinski definition) is 2. The molecule has 0 bridgehead atoms. The second-order valence-corrected chi connectivity index (χ2v) is 8.08. The van der Waals surface area contributed by atoms with E-state index in [0.29, 0.717) is 19.0 Å². The van der Waals surface area contributed by atoms with Gasteiger partial charge in [0, 0.05) is 69.2 Å². The van der Waals surface area contributed by atoms with Crippen LogP contribution in [0.4, 0.5) is 5.82 Å². The van der Waals surface area contributed by atoms with Crippen molar-refractivity contribution in [2.24, 2.45) is 0 Å². The fraction of sp³-hybridized carbons (Fsp3) is 0.375. The Balaban J connectivity index is 1.60. The minimum atomic E-state index is 0.453. The van der Waals surface area contributed by atoms with Crippen LogP contribution in [0.1, 0.15) is 12.7 Å². The molecule has 1 saturated heterocycles. The number of hydrogen-bond acceptors (Lipinski definition) is 7. The first-order valence-electron chi connectivity index (χ1n) is 11.2. The van der Waals surface area contributed by atoms with Crippen LogP contribution in [0.2, 0.25) is 0 Å². The van der Waals surface area contributed by atoms with Gasteiger partial charge in [0.25, 0.3) is 0 Å². The molecular formula is C24H29N7O. The van der Waals surface area contributed by atoms with Gasteiger partial charge >= 0.3 is 0 Å². The number of anilines is 1. The third-order valence-corrected chi connectivity index (χ3v) is 6.06. The van der Waals surface area contributed by atoms with E-state index in [2.05, 4.69) is 38.0 Å². The van der Waals surface area contributed by atoms with Crippen LogP contribution < -0.4 is 11.1 Å². The molecule has 1 aliphatic rings. The molecule has 0 atom stereocenters. The minimum Gasteiger partial charge on any atom is -0.382 e. The molecule has 0 aliphatic carbocycles. The average Bonchev–Trinajstić information content (AvgIpc) is 3.21. The second-order valence-electron chi connectivity index (χ2n) is 8.08. The summed E-state index contributed by atoms with van der Waals surface area (Å²) >= 11 is 0. The molecule has 1 aliphatic heterocycles. The van der Waals surface area contributed by atoms with Crippen molar-refractivity contribution in [1.82, 2.24) is 29.7 Å².